The summed E-state index contributed by atoms with van der Waals surface area (Å²) in [6.45, 7) is 5.30. The first-order chi connectivity index (χ1) is 4.35. The molecular weight excluding hydrogens is 110 g/mol. The smallest absolute Gasteiger partial charge is 0.0988 e. The summed E-state index contributed by atoms with van der Waals surface area (Å²) in [5, 5.41) is 8.35. The molecule has 9 heavy (non-hydrogen) atoms. The molecule has 0 saturated carbocycles. The molecule has 0 N–H and O–H groups in total. The molecule has 46 valence electrons. The summed E-state index contributed by atoms with van der Waals surface area (Å²) < 4.78 is 0. The van der Waals surface area contributed by atoms with Crippen LogP contribution in [0.2, 0.25) is 0 Å². The van der Waals surface area contributed by atoms with Crippen molar-refractivity contribution in [2.24, 2.45) is 0 Å². The zero-order valence-corrected chi connectivity index (χ0v) is 5.46. The van der Waals surface area contributed by atoms with E-state index in [0.29, 0.717) is 5.57 Å². The molecule has 0 saturated heterocycles. The first kappa shape index (κ1) is 7.71. The van der Waals surface area contributed by atoms with Crippen molar-refractivity contribution in [2.75, 3.05) is 0 Å². The normalized spacial score (nSPS) is 11.3. The van der Waals surface area contributed by atoms with Gasteiger partial charge in [-0.3, -0.25) is 0 Å². The molecule has 0 aromatic heterocycles. The van der Waals surface area contributed by atoms with Gasteiger partial charge in [0.2, 0.25) is 0 Å². The van der Waals surface area contributed by atoms with Crippen LogP contribution in [0, 0.1) is 11.3 Å². The predicted octanol–water partition coefficient (Wildman–Crippen LogP) is 2.20. The van der Waals surface area contributed by atoms with Crippen LogP contribution in [0.5, 0.6) is 0 Å². The van der Waals surface area contributed by atoms with Crippen molar-refractivity contribution in [3.63, 3.8) is 0 Å². The third-order valence-corrected chi connectivity index (χ3v) is 0.852. The maximum atomic E-state index is 8.35. The van der Waals surface area contributed by atoms with Crippen molar-refractivity contribution in [3.05, 3.63) is 36.5 Å². The zero-order valence-electron chi connectivity index (χ0n) is 5.46. The topological polar surface area (TPSA) is 23.8 Å². The lowest BCUT2D eigenvalue weighted by molar-refractivity contribution is 1.48. The lowest BCUT2D eigenvalue weighted by Crippen LogP contribution is -1.65. The number of rotatable bonds is 2. The highest BCUT2D eigenvalue weighted by Crippen LogP contribution is 1.92. The molecule has 0 unspecified atom stereocenters. The fraction of sp³-hybridized carbons (Fsp3) is 0.125. The third kappa shape index (κ3) is 3.31. The molecule has 0 aliphatic rings. The lowest BCUT2D eigenvalue weighted by Gasteiger charge is -1.79. The minimum absolute atomic E-state index is 0.662. The van der Waals surface area contributed by atoms with Crippen molar-refractivity contribution in [1.29, 1.82) is 5.26 Å². The van der Waals surface area contributed by atoms with Gasteiger partial charge in [-0.05, 0) is 13.0 Å². The van der Waals surface area contributed by atoms with Gasteiger partial charge in [-0.15, -0.1) is 0 Å². The molecule has 1 nitrogen and oxygen atoms in total. The quantitative estimate of drug-likeness (QED) is 0.404. The fourth-order valence-corrected chi connectivity index (χ4v) is 0.370. The molecule has 1 heteroatoms. The van der Waals surface area contributed by atoms with Gasteiger partial charge in [-0.25, -0.2) is 0 Å². The second-order valence-corrected chi connectivity index (χ2v) is 1.45. The van der Waals surface area contributed by atoms with E-state index in [9.17, 15) is 0 Å². The van der Waals surface area contributed by atoms with E-state index < -0.39 is 0 Å². The van der Waals surface area contributed by atoms with Crippen molar-refractivity contribution in [2.45, 2.75) is 6.92 Å². The molecule has 0 aromatic carbocycles. The molecular formula is C8H9N. The van der Waals surface area contributed by atoms with E-state index in [0.717, 1.165) is 0 Å². The molecule has 0 aliphatic heterocycles. The summed E-state index contributed by atoms with van der Waals surface area (Å²) in [7, 11) is 0. The van der Waals surface area contributed by atoms with E-state index in [1.807, 2.05) is 13.0 Å². The SMILES string of the molecule is C=CC=CC(C#N)=CC. The monoisotopic (exact) mass is 119 g/mol. The fourth-order valence-electron chi connectivity index (χ4n) is 0.370. The van der Waals surface area contributed by atoms with Gasteiger partial charge in [0.05, 0.1) is 6.07 Å². The van der Waals surface area contributed by atoms with Crippen LogP contribution in [0.1, 0.15) is 6.92 Å². The van der Waals surface area contributed by atoms with Crippen molar-refractivity contribution < 1.29 is 0 Å². The summed E-state index contributed by atoms with van der Waals surface area (Å²) in [6.07, 6.45) is 6.84. The Kier molecular flexibility index (Phi) is 4.16. The summed E-state index contributed by atoms with van der Waals surface area (Å²) in [5.74, 6) is 0. The first-order valence-electron chi connectivity index (χ1n) is 2.70. The maximum Gasteiger partial charge on any atom is 0.0988 e. The predicted molar refractivity (Wildman–Crippen MR) is 38.7 cm³/mol. The Hall–Kier alpha value is -1.29. The van der Waals surface area contributed by atoms with Gasteiger partial charge in [0.15, 0.2) is 0 Å². The molecule has 0 bridgehead atoms. The van der Waals surface area contributed by atoms with Crippen LogP contribution in [0.15, 0.2) is 36.5 Å². The molecule has 0 atom stereocenters. The maximum absolute atomic E-state index is 8.35. The molecule has 0 radical (unpaired) electrons. The van der Waals surface area contributed by atoms with Gasteiger partial charge in [0.25, 0.3) is 0 Å². The van der Waals surface area contributed by atoms with Crippen molar-refractivity contribution >= 4 is 0 Å². The Morgan fingerprint density at radius 2 is 2.33 bits per heavy atom. The number of nitrogens with zero attached hydrogens (tertiary/aromatic N) is 1. The number of nitriles is 1. The Balaban J connectivity index is 4.05. The largest absolute Gasteiger partial charge is 0.192 e. The van der Waals surface area contributed by atoms with E-state index in [-0.39, 0.29) is 0 Å². The molecule has 0 fully saturated rings. The lowest BCUT2D eigenvalue weighted by atomic mass is 10.2. The minimum atomic E-state index is 0.662. The van der Waals surface area contributed by atoms with Gasteiger partial charge in [0.1, 0.15) is 0 Å². The second kappa shape index (κ2) is 4.86. The molecule has 0 amide bonds. The van der Waals surface area contributed by atoms with Gasteiger partial charge >= 0.3 is 0 Å². The Labute approximate surface area is 55.6 Å². The summed E-state index contributed by atoms with van der Waals surface area (Å²) in [5.41, 5.74) is 0.662. The summed E-state index contributed by atoms with van der Waals surface area (Å²) >= 11 is 0. The van der Waals surface area contributed by atoms with Crippen LogP contribution in [0.3, 0.4) is 0 Å². The first-order valence-corrected chi connectivity index (χ1v) is 2.70. The van der Waals surface area contributed by atoms with Gasteiger partial charge < -0.3 is 0 Å². The summed E-state index contributed by atoms with van der Waals surface area (Å²) in [6, 6.07) is 2.01. The molecule has 0 aliphatic carbocycles. The third-order valence-electron chi connectivity index (χ3n) is 0.852. The molecule has 0 spiro atoms. The van der Waals surface area contributed by atoms with Crippen LogP contribution < -0.4 is 0 Å². The Bertz CT molecular complexity index is 179. The zero-order chi connectivity index (χ0) is 7.11. The summed E-state index contributed by atoms with van der Waals surface area (Å²) in [4.78, 5) is 0. The average molecular weight is 119 g/mol. The number of allylic oxidation sites excluding steroid dienone is 5. The highest BCUT2D eigenvalue weighted by atomic mass is 14.2. The van der Waals surface area contributed by atoms with Gasteiger partial charge in [0, 0.05) is 5.57 Å². The Morgan fingerprint density at radius 3 is 2.67 bits per heavy atom. The Morgan fingerprint density at radius 1 is 1.67 bits per heavy atom. The van der Waals surface area contributed by atoms with Crippen LogP contribution in [-0.4, -0.2) is 0 Å². The van der Waals surface area contributed by atoms with Crippen LogP contribution in [0.4, 0.5) is 0 Å². The van der Waals surface area contributed by atoms with Crippen molar-refractivity contribution in [3.8, 4) is 6.07 Å². The van der Waals surface area contributed by atoms with E-state index in [4.69, 9.17) is 5.26 Å². The molecule has 0 aromatic rings. The highest BCUT2D eigenvalue weighted by Gasteiger charge is 1.79. The van der Waals surface area contributed by atoms with E-state index in [1.54, 1.807) is 24.3 Å². The van der Waals surface area contributed by atoms with Crippen LogP contribution >= 0.6 is 0 Å². The van der Waals surface area contributed by atoms with Crippen LogP contribution in [0.25, 0.3) is 0 Å². The average Bonchev–Trinajstić information content (AvgIpc) is 1.91. The second-order valence-electron chi connectivity index (χ2n) is 1.45. The van der Waals surface area contributed by atoms with Gasteiger partial charge in [-0.2, -0.15) is 5.26 Å². The highest BCUT2D eigenvalue weighted by molar-refractivity contribution is 5.33. The van der Waals surface area contributed by atoms with Crippen molar-refractivity contribution in [1.82, 2.24) is 0 Å². The standard InChI is InChI=1S/C8H9N/c1-3-5-6-8(4-2)7-9/h3-6H,1H2,2H3. The van der Waals surface area contributed by atoms with E-state index in [1.165, 1.54) is 0 Å². The molecule has 0 rings (SSSR count). The number of hydrogen-bond acceptors (Lipinski definition) is 1. The van der Waals surface area contributed by atoms with Gasteiger partial charge in [-0.1, -0.05) is 24.8 Å². The molecule has 0 heterocycles. The van der Waals surface area contributed by atoms with Crippen LogP contribution in [-0.2, 0) is 0 Å². The minimum Gasteiger partial charge on any atom is -0.192 e. The van der Waals surface area contributed by atoms with E-state index >= 15 is 0 Å². The van der Waals surface area contributed by atoms with E-state index in [2.05, 4.69) is 6.58 Å². The number of hydrogen-bond donors (Lipinski definition) is 0.